The van der Waals surface area contributed by atoms with Gasteiger partial charge in [0.1, 0.15) is 17.3 Å². The fourth-order valence-electron chi connectivity index (χ4n) is 3.04. The molecule has 3 rings (SSSR count). The average molecular weight is 443 g/mol. The van der Waals surface area contributed by atoms with Crippen LogP contribution < -0.4 is 14.8 Å². The summed E-state index contributed by atoms with van der Waals surface area (Å²) in [5, 5.41) is 2.85. The van der Waals surface area contributed by atoms with Crippen LogP contribution in [0.15, 0.2) is 63.9 Å². The SMILES string of the molecule is CCOc1ccc(NS(=O)(=O)c2ccc(C)c(C(=O)NC(C)c3ccc(C)o3)c2)cc1. The van der Waals surface area contributed by atoms with Gasteiger partial charge in [0, 0.05) is 11.3 Å². The van der Waals surface area contributed by atoms with E-state index in [0.29, 0.717) is 29.4 Å². The Morgan fingerprint density at radius 1 is 1.06 bits per heavy atom. The number of nitrogens with one attached hydrogen (secondary N) is 2. The maximum Gasteiger partial charge on any atom is 0.261 e. The van der Waals surface area contributed by atoms with E-state index >= 15 is 0 Å². The molecule has 0 radical (unpaired) electrons. The second-order valence-electron chi connectivity index (χ2n) is 7.18. The van der Waals surface area contributed by atoms with Gasteiger partial charge < -0.3 is 14.5 Å². The Hall–Kier alpha value is -3.26. The zero-order chi connectivity index (χ0) is 22.6. The number of rotatable bonds is 8. The summed E-state index contributed by atoms with van der Waals surface area (Å²) in [7, 11) is -3.88. The van der Waals surface area contributed by atoms with Crippen molar-refractivity contribution in [2.75, 3.05) is 11.3 Å². The van der Waals surface area contributed by atoms with E-state index in [9.17, 15) is 13.2 Å². The van der Waals surface area contributed by atoms with E-state index in [2.05, 4.69) is 10.0 Å². The Bertz CT molecular complexity index is 1170. The maximum atomic E-state index is 12.9. The fraction of sp³-hybridized carbons (Fsp3) is 0.261. The first-order chi connectivity index (χ1) is 14.7. The van der Waals surface area contributed by atoms with Crippen LogP contribution in [0.5, 0.6) is 5.75 Å². The van der Waals surface area contributed by atoms with Crippen molar-refractivity contribution >= 4 is 21.6 Å². The molecule has 0 saturated heterocycles. The van der Waals surface area contributed by atoms with Crippen molar-refractivity contribution in [3.63, 3.8) is 0 Å². The fourth-order valence-corrected chi connectivity index (χ4v) is 4.13. The van der Waals surface area contributed by atoms with Crippen LogP contribution in [0.4, 0.5) is 5.69 Å². The van der Waals surface area contributed by atoms with Crippen LogP contribution in [0.2, 0.25) is 0 Å². The molecule has 0 aliphatic rings. The molecule has 3 aromatic rings. The largest absolute Gasteiger partial charge is 0.494 e. The van der Waals surface area contributed by atoms with Crippen LogP contribution in [-0.4, -0.2) is 20.9 Å². The number of benzene rings is 2. The molecule has 2 N–H and O–H groups in total. The van der Waals surface area contributed by atoms with Gasteiger partial charge in [0.2, 0.25) is 0 Å². The molecule has 1 aromatic heterocycles. The van der Waals surface area contributed by atoms with E-state index in [1.165, 1.54) is 12.1 Å². The molecule has 0 spiro atoms. The molecule has 0 saturated carbocycles. The highest BCUT2D eigenvalue weighted by Gasteiger charge is 2.20. The molecule has 1 unspecified atom stereocenters. The number of anilines is 1. The van der Waals surface area contributed by atoms with Crippen molar-refractivity contribution in [1.29, 1.82) is 0 Å². The summed E-state index contributed by atoms with van der Waals surface area (Å²) in [4.78, 5) is 12.8. The highest BCUT2D eigenvalue weighted by Crippen LogP contribution is 2.22. The first kappa shape index (κ1) is 22.4. The number of amides is 1. The minimum absolute atomic E-state index is 0.00127. The van der Waals surface area contributed by atoms with E-state index in [1.807, 2.05) is 19.9 Å². The standard InChI is InChI=1S/C23H26N2O5S/c1-5-29-19-10-8-18(9-11-19)25-31(27,28)20-12-6-15(2)21(14-20)23(26)24-17(4)22-13-7-16(3)30-22/h6-14,17,25H,5H2,1-4H3,(H,24,26). The van der Waals surface area contributed by atoms with Crippen molar-refractivity contribution in [3.05, 3.63) is 77.2 Å². The molecule has 164 valence electrons. The molecule has 2 aromatic carbocycles. The Morgan fingerprint density at radius 3 is 2.39 bits per heavy atom. The number of hydrogen-bond acceptors (Lipinski definition) is 5. The predicted octanol–water partition coefficient (Wildman–Crippen LogP) is 4.59. The van der Waals surface area contributed by atoms with E-state index in [0.717, 1.165) is 5.76 Å². The Balaban J connectivity index is 1.79. The molecule has 0 aliphatic carbocycles. The van der Waals surface area contributed by atoms with Crippen molar-refractivity contribution in [2.45, 2.75) is 38.6 Å². The van der Waals surface area contributed by atoms with Crippen LogP contribution in [0.1, 0.15) is 47.3 Å². The molecule has 0 fully saturated rings. The zero-order valence-corrected chi connectivity index (χ0v) is 18.7. The molecule has 31 heavy (non-hydrogen) atoms. The van der Waals surface area contributed by atoms with Crippen LogP contribution in [-0.2, 0) is 10.0 Å². The molecule has 8 heteroatoms. The minimum atomic E-state index is -3.88. The van der Waals surface area contributed by atoms with E-state index in [1.54, 1.807) is 50.2 Å². The molecular formula is C23H26N2O5S. The van der Waals surface area contributed by atoms with Gasteiger partial charge in [-0.05, 0) is 81.8 Å². The summed E-state index contributed by atoms with van der Waals surface area (Å²) in [6.45, 7) is 7.79. The molecule has 7 nitrogen and oxygen atoms in total. The summed E-state index contributed by atoms with van der Waals surface area (Å²) in [5.74, 6) is 1.66. The van der Waals surface area contributed by atoms with Crippen molar-refractivity contribution in [1.82, 2.24) is 5.32 Å². The number of sulfonamides is 1. The third-order valence-corrected chi connectivity index (χ3v) is 6.10. The first-order valence-corrected chi connectivity index (χ1v) is 11.4. The predicted molar refractivity (Wildman–Crippen MR) is 119 cm³/mol. The van der Waals surface area contributed by atoms with E-state index < -0.39 is 10.0 Å². The summed E-state index contributed by atoms with van der Waals surface area (Å²) in [5.41, 5.74) is 1.35. The van der Waals surface area contributed by atoms with Gasteiger partial charge in [-0.1, -0.05) is 6.07 Å². The van der Waals surface area contributed by atoms with Crippen molar-refractivity contribution < 1.29 is 22.4 Å². The lowest BCUT2D eigenvalue weighted by Crippen LogP contribution is -2.27. The summed E-state index contributed by atoms with van der Waals surface area (Å²) < 4.78 is 39.2. The average Bonchev–Trinajstić information content (AvgIpc) is 3.16. The van der Waals surface area contributed by atoms with Crippen LogP contribution >= 0.6 is 0 Å². The van der Waals surface area contributed by atoms with Crippen LogP contribution in [0, 0.1) is 13.8 Å². The van der Waals surface area contributed by atoms with Crippen molar-refractivity contribution in [2.24, 2.45) is 0 Å². The smallest absolute Gasteiger partial charge is 0.261 e. The van der Waals surface area contributed by atoms with E-state index in [4.69, 9.17) is 9.15 Å². The Morgan fingerprint density at radius 2 is 1.77 bits per heavy atom. The highest BCUT2D eigenvalue weighted by atomic mass is 32.2. The van der Waals surface area contributed by atoms with Gasteiger partial charge in [0.15, 0.2) is 0 Å². The molecule has 0 aliphatic heterocycles. The number of ether oxygens (including phenoxy) is 1. The van der Waals surface area contributed by atoms with Gasteiger partial charge in [0.05, 0.1) is 17.5 Å². The van der Waals surface area contributed by atoms with E-state index in [-0.39, 0.29) is 22.4 Å². The quantitative estimate of drug-likeness (QED) is 0.532. The number of carbonyl (C=O) groups excluding carboxylic acids is 1. The number of furan rings is 1. The van der Waals surface area contributed by atoms with Crippen LogP contribution in [0.3, 0.4) is 0 Å². The molecular weight excluding hydrogens is 416 g/mol. The molecule has 1 atom stereocenters. The third kappa shape index (κ3) is 5.46. The molecule has 1 heterocycles. The normalized spacial score (nSPS) is 12.3. The lowest BCUT2D eigenvalue weighted by Gasteiger charge is -2.15. The minimum Gasteiger partial charge on any atom is -0.494 e. The summed E-state index contributed by atoms with van der Waals surface area (Å²) in [6.07, 6.45) is 0. The summed E-state index contributed by atoms with van der Waals surface area (Å²) in [6, 6.07) is 14.3. The van der Waals surface area contributed by atoms with Gasteiger partial charge in [-0.25, -0.2) is 8.42 Å². The number of carbonyl (C=O) groups is 1. The first-order valence-electron chi connectivity index (χ1n) is 9.93. The zero-order valence-electron chi connectivity index (χ0n) is 17.9. The summed E-state index contributed by atoms with van der Waals surface area (Å²) >= 11 is 0. The third-order valence-electron chi connectivity index (χ3n) is 4.72. The lowest BCUT2D eigenvalue weighted by molar-refractivity contribution is 0.0934. The number of aryl methyl sites for hydroxylation is 2. The monoisotopic (exact) mass is 442 g/mol. The van der Waals surface area contributed by atoms with Gasteiger partial charge in [-0.15, -0.1) is 0 Å². The Kier molecular flexibility index (Phi) is 6.70. The second kappa shape index (κ2) is 9.26. The number of hydrogen-bond donors (Lipinski definition) is 2. The second-order valence-corrected chi connectivity index (χ2v) is 8.87. The molecule has 0 bridgehead atoms. The highest BCUT2D eigenvalue weighted by molar-refractivity contribution is 7.92. The Labute approximate surface area is 182 Å². The topological polar surface area (TPSA) is 97.6 Å². The molecule has 1 amide bonds. The van der Waals surface area contributed by atoms with Gasteiger partial charge in [-0.3, -0.25) is 9.52 Å². The maximum absolute atomic E-state index is 12.9. The van der Waals surface area contributed by atoms with Gasteiger partial charge in [0.25, 0.3) is 15.9 Å². The lowest BCUT2D eigenvalue weighted by atomic mass is 10.1. The van der Waals surface area contributed by atoms with Crippen LogP contribution in [0.25, 0.3) is 0 Å². The van der Waals surface area contributed by atoms with Crippen molar-refractivity contribution in [3.8, 4) is 5.75 Å². The van der Waals surface area contributed by atoms with Gasteiger partial charge >= 0.3 is 0 Å². The van der Waals surface area contributed by atoms with Gasteiger partial charge in [-0.2, -0.15) is 0 Å².